The van der Waals surface area contributed by atoms with E-state index in [0.717, 1.165) is 18.4 Å². The van der Waals surface area contributed by atoms with E-state index in [1.165, 1.54) is 28.6 Å². The number of anilines is 1. The smallest absolute Gasteiger partial charge is 0.243 e. The molecule has 26 heavy (non-hydrogen) atoms. The summed E-state index contributed by atoms with van der Waals surface area (Å²) < 4.78 is 39.3. The van der Waals surface area contributed by atoms with E-state index in [-0.39, 0.29) is 23.0 Å². The Kier molecular flexibility index (Phi) is 5.68. The van der Waals surface area contributed by atoms with Gasteiger partial charge < -0.3 is 5.32 Å². The molecule has 7 heteroatoms. The lowest BCUT2D eigenvalue weighted by atomic mass is 10.1. The van der Waals surface area contributed by atoms with Crippen molar-refractivity contribution in [3.8, 4) is 0 Å². The monoisotopic (exact) mass is 376 g/mol. The first-order valence-electron chi connectivity index (χ1n) is 8.60. The Hall–Kier alpha value is -2.25. The van der Waals surface area contributed by atoms with Crippen LogP contribution in [0.25, 0.3) is 0 Å². The molecule has 0 radical (unpaired) electrons. The number of hydrogen-bond acceptors (Lipinski definition) is 3. The Balaban J connectivity index is 1.56. The third-order valence-electron chi connectivity index (χ3n) is 4.39. The minimum Gasteiger partial charge on any atom is -0.326 e. The molecule has 0 unspecified atom stereocenters. The fourth-order valence-corrected chi connectivity index (χ4v) is 4.44. The van der Waals surface area contributed by atoms with E-state index >= 15 is 0 Å². The molecule has 1 fully saturated rings. The minimum absolute atomic E-state index is 0.176. The van der Waals surface area contributed by atoms with Crippen molar-refractivity contribution < 1.29 is 17.6 Å². The molecule has 1 aliphatic rings. The minimum atomic E-state index is -3.44. The molecule has 0 aromatic heterocycles. The van der Waals surface area contributed by atoms with Crippen LogP contribution in [0.4, 0.5) is 10.1 Å². The van der Waals surface area contributed by atoms with Gasteiger partial charge in [0.1, 0.15) is 5.82 Å². The van der Waals surface area contributed by atoms with Gasteiger partial charge in [0.15, 0.2) is 0 Å². The van der Waals surface area contributed by atoms with Gasteiger partial charge in [-0.3, -0.25) is 4.79 Å². The van der Waals surface area contributed by atoms with Crippen LogP contribution in [0.3, 0.4) is 0 Å². The SMILES string of the molecule is O=C(CCc1ccc(F)cc1)Nc1ccc(S(=O)(=O)N2CCCC2)cc1. The second-order valence-electron chi connectivity index (χ2n) is 6.31. The molecule has 0 atom stereocenters. The summed E-state index contributed by atoms with van der Waals surface area (Å²) in [6.45, 7) is 1.12. The fraction of sp³-hybridized carbons (Fsp3) is 0.316. The molecule has 1 N–H and O–H groups in total. The van der Waals surface area contributed by atoms with Crippen molar-refractivity contribution in [2.24, 2.45) is 0 Å². The van der Waals surface area contributed by atoms with Crippen LogP contribution in [0.2, 0.25) is 0 Å². The van der Waals surface area contributed by atoms with Gasteiger partial charge >= 0.3 is 0 Å². The number of sulfonamides is 1. The average Bonchev–Trinajstić information content (AvgIpc) is 3.17. The van der Waals surface area contributed by atoms with Gasteiger partial charge in [-0.15, -0.1) is 0 Å². The number of benzene rings is 2. The van der Waals surface area contributed by atoms with Gasteiger partial charge in [0, 0.05) is 25.2 Å². The number of carbonyl (C=O) groups is 1. The summed E-state index contributed by atoms with van der Waals surface area (Å²) >= 11 is 0. The van der Waals surface area contributed by atoms with Crippen LogP contribution < -0.4 is 5.32 Å². The van der Waals surface area contributed by atoms with Crippen LogP contribution in [-0.4, -0.2) is 31.7 Å². The normalized spacial score (nSPS) is 15.1. The molecular weight excluding hydrogens is 355 g/mol. The Morgan fingerprint density at radius 3 is 2.23 bits per heavy atom. The van der Waals surface area contributed by atoms with Crippen LogP contribution >= 0.6 is 0 Å². The maximum Gasteiger partial charge on any atom is 0.243 e. The molecule has 2 aromatic rings. The molecule has 1 aliphatic heterocycles. The number of hydrogen-bond donors (Lipinski definition) is 1. The highest BCUT2D eigenvalue weighted by Gasteiger charge is 2.26. The molecule has 1 amide bonds. The topological polar surface area (TPSA) is 66.5 Å². The maximum atomic E-state index is 12.9. The van der Waals surface area contributed by atoms with Crippen LogP contribution in [0.5, 0.6) is 0 Å². The Bertz CT molecular complexity index is 859. The zero-order valence-corrected chi connectivity index (χ0v) is 15.1. The summed E-state index contributed by atoms with van der Waals surface area (Å²) in [5.74, 6) is -0.480. The molecule has 2 aromatic carbocycles. The summed E-state index contributed by atoms with van der Waals surface area (Å²) in [4.78, 5) is 12.3. The average molecular weight is 376 g/mol. The Morgan fingerprint density at radius 2 is 1.62 bits per heavy atom. The van der Waals surface area contributed by atoms with Crippen molar-refractivity contribution in [1.29, 1.82) is 0 Å². The van der Waals surface area contributed by atoms with E-state index in [1.54, 1.807) is 24.3 Å². The lowest BCUT2D eigenvalue weighted by molar-refractivity contribution is -0.116. The Labute approximate surface area is 152 Å². The number of rotatable bonds is 6. The highest BCUT2D eigenvalue weighted by Crippen LogP contribution is 2.22. The fourth-order valence-electron chi connectivity index (χ4n) is 2.92. The van der Waals surface area contributed by atoms with Gasteiger partial charge in [0.05, 0.1) is 4.90 Å². The lowest BCUT2D eigenvalue weighted by Crippen LogP contribution is -2.27. The van der Waals surface area contributed by atoms with Crippen LogP contribution in [0.15, 0.2) is 53.4 Å². The van der Waals surface area contributed by atoms with Crippen molar-refractivity contribution in [2.45, 2.75) is 30.6 Å². The summed E-state index contributed by atoms with van der Waals surface area (Å²) in [6.07, 6.45) is 2.55. The second-order valence-corrected chi connectivity index (χ2v) is 8.25. The Morgan fingerprint density at radius 1 is 1.00 bits per heavy atom. The number of carbonyl (C=O) groups excluding carboxylic acids is 1. The van der Waals surface area contributed by atoms with Gasteiger partial charge in [-0.25, -0.2) is 12.8 Å². The van der Waals surface area contributed by atoms with Gasteiger partial charge in [-0.1, -0.05) is 12.1 Å². The summed E-state index contributed by atoms with van der Waals surface area (Å²) in [7, 11) is -3.44. The van der Waals surface area contributed by atoms with E-state index < -0.39 is 10.0 Å². The van der Waals surface area contributed by atoms with E-state index in [9.17, 15) is 17.6 Å². The van der Waals surface area contributed by atoms with Crippen LogP contribution in [0, 0.1) is 5.82 Å². The largest absolute Gasteiger partial charge is 0.326 e. The maximum absolute atomic E-state index is 12.9. The van der Waals surface area contributed by atoms with Gasteiger partial charge in [-0.05, 0) is 61.2 Å². The highest BCUT2D eigenvalue weighted by molar-refractivity contribution is 7.89. The van der Waals surface area contributed by atoms with Gasteiger partial charge in [0.25, 0.3) is 0 Å². The molecule has 1 heterocycles. The number of halogens is 1. The van der Waals surface area contributed by atoms with Crippen molar-refractivity contribution in [2.75, 3.05) is 18.4 Å². The standard InChI is InChI=1S/C19H21FN2O3S/c20-16-6-3-15(4-7-16)5-12-19(23)21-17-8-10-18(11-9-17)26(24,25)22-13-1-2-14-22/h3-4,6-11H,1-2,5,12-14H2,(H,21,23). The quantitative estimate of drug-likeness (QED) is 0.842. The third kappa shape index (κ3) is 4.47. The molecular formula is C19H21FN2O3S. The molecule has 138 valence electrons. The molecule has 0 spiro atoms. The predicted octanol–water partition coefficient (Wildman–Crippen LogP) is 3.18. The summed E-state index contributed by atoms with van der Waals surface area (Å²) in [5.41, 5.74) is 1.43. The highest BCUT2D eigenvalue weighted by atomic mass is 32.2. The zero-order valence-electron chi connectivity index (χ0n) is 14.3. The zero-order chi connectivity index (χ0) is 18.6. The molecule has 5 nitrogen and oxygen atoms in total. The van der Waals surface area contributed by atoms with Crippen molar-refractivity contribution in [3.63, 3.8) is 0 Å². The van der Waals surface area contributed by atoms with Gasteiger partial charge in [-0.2, -0.15) is 4.31 Å². The van der Waals surface area contributed by atoms with Crippen LogP contribution in [0.1, 0.15) is 24.8 Å². The molecule has 0 saturated carbocycles. The van der Waals surface area contributed by atoms with Crippen LogP contribution in [-0.2, 0) is 21.2 Å². The third-order valence-corrected chi connectivity index (χ3v) is 6.31. The first kappa shape index (κ1) is 18.5. The number of nitrogens with one attached hydrogen (secondary N) is 1. The first-order chi connectivity index (χ1) is 12.4. The van der Waals surface area contributed by atoms with Crippen molar-refractivity contribution in [3.05, 3.63) is 59.9 Å². The first-order valence-corrected chi connectivity index (χ1v) is 10.0. The van der Waals surface area contributed by atoms with E-state index in [1.807, 2.05) is 0 Å². The van der Waals surface area contributed by atoms with Gasteiger partial charge in [0.2, 0.25) is 15.9 Å². The molecule has 0 aliphatic carbocycles. The van der Waals surface area contributed by atoms with E-state index in [0.29, 0.717) is 25.2 Å². The number of aryl methyl sites for hydroxylation is 1. The summed E-state index contributed by atoms with van der Waals surface area (Å²) in [6, 6.07) is 12.3. The number of nitrogens with zero attached hydrogens (tertiary/aromatic N) is 1. The molecule has 0 bridgehead atoms. The lowest BCUT2D eigenvalue weighted by Gasteiger charge is -2.15. The second kappa shape index (κ2) is 7.97. The predicted molar refractivity (Wildman–Crippen MR) is 97.8 cm³/mol. The molecule has 1 saturated heterocycles. The summed E-state index contributed by atoms with van der Waals surface area (Å²) in [5, 5.41) is 2.75. The van der Waals surface area contributed by atoms with Crippen molar-refractivity contribution in [1.82, 2.24) is 4.31 Å². The van der Waals surface area contributed by atoms with E-state index in [4.69, 9.17) is 0 Å². The molecule has 3 rings (SSSR count). The van der Waals surface area contributed by atoms with E-state index in [2.05, 4.69) is 5.32 Å². The van der Waals surface area contributed by atoms with Crippen molar-refractivity contribution >= 4 is 21.6 Å². The number of amides is 1.